The van der Waals surface area contributed by atoms with Gasteiger partial charge in [0.05, 0.1) is 41.7 Å². The Morgan fingerprint density at radius 3 is 2.26 bits per heavy atom. The van der Waals surface area contributed by atoms with Crippen LogP contribution in [0.3, 0.4) is 0 Å². The fraction of sp³-hybridized carbons (Fsp3) is 0.676. The summed E-state index contributed by atoms with van der Waals surface area (Å²) in [4.78, 5) is 56.1. The number of rotatable bonds is 8. The molecular weight excluding hydrogens is 586 g/mol. The number of nitrogens with zero attached hydrogens (tertiary/aromatic N) is 1. The number of amides is 2. The largest absolute Gasteiger partial charge is 0.462 e. The van der Waals surface area contributed by atoms with E-state index in [9.17, 15) is 19.2 Å². The maximum absolute atomic E-state index is 14.4. The zero-order valence-corrected chi connectivity index (χ0v) is 27.3. The summed E-state index contributed by atoms with van der Waals surface area (Å²) in [7, 11) is 0. The summed E-state index contributed by atoms with van der Waals surface area (Å²) in [5.74, 6) is -0.614. The van der Waals surface area contributed by atoms with E-state index in [1.165, 1.54) is 16.0 Å². The molecule has 0 N–H and O–H groups in total. The van der Waals surface area contributed by atoms with E-state index in [0.29, 0.717) is 37.0 Å². The summed E-state index contributed by atoms with van der Waals surface area (Å²) in [5.41, 5.74) is 2.83. The number of hydrogen-bond acceptors (Lipinski definition) is 8. The lowest BCUT2D eigenvalue weighted by atomic mass is 9.43. The van der Waals surface area contributed by atoms with Gasteiger partial charge in [-0.1, -0.05) is 38.3 Å². The number of ether oxygens (including phenoxy) is 4. The second-order valence-electron chi connectivity index (χ2n) is 15.7. The summed E-state index contributed by atoms with van der Waals surface area (Å²) in [6.07, 6.45) is 5.59. The van der Waals surface area contributed by atoms with Crippen LogP contribution in [0, 0.1) is 52.3 Å². The number of allylic oxidation sites excluding steroid dienone is 1. The third-order valence-electron chi connectivity index (χ3n) is 12.9. The van der Waals surface area contributed by atoms with Gasteiger partial charge in [-0.3, -0.25) is 14.4 Å². The zero-order chi connectivity index (χ0) is 32.1. The molecule has 9 heteroatoms. The second kappa shape index (κ2) is 10.7. The molecule has 246 valence electrons. The number of anilines is 1. The van der Waals surface area contributed by atoms with Crippen LogP contribution in [0.2, 0.25) is 0 Å². The first-order valence-electron chi connectivity index (χ1n) is 17.3. The summed E-state index contributed by atoms with van der Waals surface area (Å²) >= 11 is 0. The molecule has 7 aliphatic rings. The van der Waals surface area contributed by atoms with E-state index >= 15 is 0 Å². The molecule has 8 rings (SSSR count). The van der Waals surface area contributed by atoms with Crippen molar-refractivity contribution in [2.75, 3.05) is 31.3 Å². The number of imide groups is 1. The van der Waals surface area contributed by atoms with Crippen LogP contribution in [0.5, 0.6) is 0 Å². The van der Waals surface area contributed by atoms with Crippen molar-refractivity contribution in [1.82, 2.24) is 0 Å². The van der Waals surface area contributed by atoms with Crippen molar-refractivity contribution in [3.05, 3.63) is 41.0 Å². The number of esters is 2. The Balaban J connectivity index is 1.07. The van der Waals surface area contributed by atoms with E-state index in [1.807, 2.05) is 0 Å². The maximum atomic E-state index is 14.4. The fourth-order valence-electron chi connectivity index (χ4n) is 10.7. The minimum absolute atomic E-state index is 0.0178. The molecule has 3 heterocycles. The number of benzene rings is 1. The molecule has 0 aromatic heterocycles. The first-order valence-corrected chi connectivity index (χ1v) is 17.3. The van der Waals surface area contributed by atoms with Crippen LogP contribution >= 0.6 is 0 Å². The maximum Gasteiger partial charge on any atom is 0.338 e. The molecule has 2 bridgehead atoms. The van der Waals surface area contributed by atoms with Crippen LogP contribution in [0.15, 0.2) is 35.4 Å². The monoisotopic (exact) mass is 631 g/mol. The number of carbonyl (C=O) groups excluding carboxylic acids is 4. The molecular formula is C37H45NO8. The number of fused-ring (bicyclic) bond motifs is 8. The summed E-state index contributed by atoms with van der Waals surface area (Å²) in [5, 5.41) is 0. The molecule has 2 saturated carbocycles. The van der Waals surface area contributed by atoms with Crippen LogP contribution in [0.1, 0.15) is 76.6 Å². The van der Waals surface area contributed by atoms with Crippen molar-refractivity contribution in [3.8, 4) is 0 Å². The van der Waals surface area contributed by atoms with Gasteiger partial charge < -0.3 is 18.9 Å². The van der Waals surface area contributed by atoms with E-state index in [4.69, 9.17) is 18.9 Å². The lowest BCUT2D eigenvalue weighted by molar-refractivity contribution is -0.176. The Hall–Kier alpha value is -3.04. The highest BCUT2D eigenvalue weighted by Gasteiger charge is 2.67. The van der Waals surface area contributed by atoms with Crippen LogP contribution in [-0.4, -0.2) is 62.4 Å². The van der Waals surface area contributed by atoms with Crippen LogP contribution < -0.4 is 4.90 Å². The minimum Gasteiger partial charge on any atom is -0.462 e. The zero-order valence-electron chi connectivity index (χ0n) is 27.3. The highest BCUT2D eigenvalue weighted by Crippen LogP contribution is 2.70. The van der Waals surface area contributed by atoms with Gasteiger partial charge in [-0.05, 0) is 98.3 Å². The third kappa shape index (κ3) is 4.55. The smallest absolute Gasteiger partial charge is 0.338 e. The molecule has 10 atom stereocenters. The SMILES string of the molecule is CC(C)C1=C2C3CCC4C(C)(C(=O)OCC5CO5)CCC[C@@]4(C)C3CC1C1C(=O)N(c3ccc(C(=O)OCC4CO4)cc3)C(=O)C21. The van der Waals surface area contributed by atoms with Crippen molar-refractivity contribution in [3.63, 3.8) is 0 Å². The molecule has 0 spiro atoms. The quantitative estimate of drug-likeness (QED) is 0.168. The molecule has 5 fully saturated rings. The Morgan fingerprint density at radius 2 is 1.61 bits per heavy atom. The van der Waals surface area contributed by atoms with Crippen molar-refractivity contribution in [2.24, 2.45) is 52.3 Å². The standard InChI is InChI=1S/C37H45NO8/c1-19(2)28-25-14-26-24(10-11-27-36(26,3)12-5-13-37(27,4)35(42)46-18-23-16-44-23)29(28)31-30(25)32(39)38(33(31)40)21-8-6-20(7-9-21)34(41)45-17-22-15-43-22/h6-9,19,22-27,30-31H,5,10-18H2,1-4H3/t22?,23?,24?,25?,26?,27?,30?,31?,36-,37?/m0/s1. The molecule has 9 unspecified atom stereocenters. The average molecular weight is 632 g/mol. The van der Waals surface area contributed by atoms with E-state index < -0.39 is 23.2 Å². The Bertz CT molecular complexity index is 1510. The molecule has 0 radical (unpaired) electrons. The fourth-order valence-corrected chi connectivity index (χ4v) is 10.7. The van der Waals surface area contributed by atoms with Gasteiger partial charge in [0.2, 0.25) is 11.8 Å². The topological polar surface area (TPSA) is 115 Å². The van der Waals surface area contributed by atoms with Crippen LogP contribution in [0.4, 0.5) is 5.69 Å². The number of hydrogen-bond donors (Lipinski definition) is 0. The Morgan fingerprint density at radius 1 is 0.935 bits per heavy atom. The van der Waals surface area contributed by atoms with E-state index in [2.05, 4.69) is 27.7 Å². The second-order valence-corrected chi connectivity index (χ2v) is 15.7. The predicted octanol–water partition coefficient (Wildman–Crippen LogP) is 5.11. The lowest BCUT2D eigenvalue weighted by Crippen LogP contribution is -2.56. The van der Waals surface area contributed by atoms with Gasteiger partial charge >= 0.3 is 11.9 Å². The number of epoxide rings is 2. The van der Waals surface area contributed by atoms with Gasteiger partial charge in [-0.2, -0.15) is 0 Å². The van der Waals surface area contributed by atoms with Crippen LogP contribution in [-0.2, 0) is 33.3 Å². The predicted molar refractivity (Wildman–Crippen MR) is 166 cm³/mol. The van der Waals surface area contributed by atoms with Crippen molar-refractivity contribution < 1.29 is 38.1 Å². The van der Waals surface area contributed by atoms with Gasteiger partial charge in [0.25, 0.3) is 0 Å². The van der Waals surface area contributed by atoms with Gasteiger partial charge in [-0.25, -0.2) is 9.69 Å². The molecule has 3 saturated heterocycles. The molecule has 1 aromatic carbocycles. The number of carbonyl (C=O) groups is 4. The van der Waals surface area contributed by atoms with Crippen LogP contribution in [0.25, 0.3) is 0 Å². The molecule has 4 aliphatic carbocycles. The third-order valence-corrected chi connectivity index (χ3v) is 12.9. The minimum atomic E-state index is -0.540. The molecule has 2 amide bonds. The Labute approximate surface area is 270 Å². The molecule has 3 aliphatic heterocycles. The van der Waals surface area contributed by atoms with Gasteiger partial charge in [-0.15, -0.1) is 0 Å². The average Bonchev–Trinajstić information content (AvgIpc) is 3.97. The van der Waals surface area contributed by atoms with Gasteiger partial charge in [0.1, 0.15) is 25.4 Å². The Kier molecular flexibility index (Phi) is 7.08. The summed E-state index contributed by atoms with van der Waals surface area (Å²) < 4.78 is 21.5. The van der Waals surface area contributed by atoms with Crippen molar-refractivity contribution in [1.29, 1.82) is 0 Å². The van der Waals surface area contributed by atoms with E-state index in [1.54, 1.807) is 24.3 Å². The van der Waals surface area contributed by atoms with E-state index in [-0.39, 0.29) is 65.7 Å². The van der Waals surface area contributed by atoms with Gasteiger partial charge in [0.15, 0.2) is 0 Å². The normalized spacial score (nSPS) is 40.4. The molecule has 9 nitrogen and oxygen atoms in total. The first kappa shape index (κ1) is 30.3. The highest BCUT2D eigenvalue weighted by atomic mass is 16.6. The summed E-state index contributed by atoms with van der Waals surface area (Å²) in [6.45, 7) is 10.7. The lowest BCUT2D eigenvalue weighted by Gasteiger charge is -2.61. The van der Waals surface area contributed by atoms with Crippen molar-refractivity contribution >= 4 is 29.4 Å². The van der Waals surface area contributed by atoms with E-state index in [0.717, 1.165) is 38.5 Å². The summed E-state index contributed by atoms with van der Waals surface area (Å²) in [6, 6.07) is 6.61. The highest BCUT2D eigenvalue weighted by molar-refractivity contribution is 6.23. The molecule has 46 heavy (non-hydrogen) atoms. The van der Waals surface area contributed by atoms with Gasteiger partial charge in [0, 0.05) is 0 Å². The van der Waals surface area contributed by atoms with Crippen molar-refractivity contribution in [2.45, 2.75) is 78.4 Å². The molecule has 1 aromatic rings. The first-order chi connectivity index (χ1) is 22.0.